The van der Waals surface area contributed by atoms with E-state index < -0.39 is 24.6 Å². The van der Waals surface area contributed by atoms with E-state index in [1.165, 1.54) is 6.92 Å². The summed E-state index contributed by atoms with van der Waals surface area (Å²) in [5, 5.41) is 10.9. The summed E-state index contributed by atoms with van der Waals surface area (Å²) >= 11 is 1.16. The molecule has 0 aliphatic carbocycles. The van der Waals surface area contributed by atoms with E-state index in [4.69, 9.17) is 5.11 Å². The van der Waals surface area contributed by atoms with Crippen LogP contribution >= 0.6 is 11.8 Å². The number of rotatable bonds is 6. The lowest BCUT2D eigenvalue weighted by atomic mass is 10.3. The van der Waals surface area contributed by atoms with Gasteiger partial charge in [0.2, 0.25) is 5.91 Å². The van der Waals surface area contributed by atoms with Crippen molar-refractivity contribution in [2.24, 2.45) is 0 Å². The SMILES string of the molecule is CC(=O)NC(CSCCF)C(=O)O. The Balaban J connectivity index is 3.81. The minimum atomic E-state index is -1.10. The van der Waals surface area contributed by atoms with Gasteiger partial charge in [-0.1, -0.05) is 0 Å². The third-order valence-corrected chi connectivity index (χ3v) is 2.19. The van der Waals surface area contributed by atoms with Crippen LogP contribution in [0, 0.1) is 0 Å². The molecule has 1 amide bonds. The van der Waals surface area contributed by atoms with E-state index in [9.17, 15) is 14.0 Å². The van der Waals surface area contributed by atoms with Crippen molar-refractivity contribution < 1.29 is 19.1 Å². The Morgan fingerprint density at radius 3 is 2.62 bits per heavy atom. The lowest BCUT2D eigenvalue weighted by Gasteiger charge is -2.11. The second-order valence-electron chi connectivity index (χ2n) is 2.36. The van der Waals surface area contributed by atoms with E-state index in [2.05, 4.69) is 5.32 Å². The topological polar surface area (TPSA) is 66.4 Å². The maximum Gasteiger partial charge on any atom is 0.327 e. The standard InChI is InChI=1S/C7H12FNO3S/c1-5(10)9-6(7(11)12)4-13-3-2-8/h6H,2-4H2,1H3,(H,9,10)(H,11,12). The Morgan fingerprint density at radius 2 is 2.23 bits per heavy atom. The molecule has 0 saturated heterocycles. The number of halogens is 1. The van der Waals surface area contributed by atoms with Crippen molar-refractivity contribution in [2.75, 3.05) is 18.2 Å². The molecule has 0 rings (SSSR count). The van der Waals surface area contributed by atoms with Crippen molar-refractivity contribution in [1.82, 2.24) is 5.32 Å². The first-order chi connectivity index (χ1) is 6.07. The first-order valence-electron chi connectivity index (χ1n) is 3.71. The maximum atomic E-state index is 11.7. The Hall–Kier alpha value is -0.780. The summed E-state index contributed by atoms with van der Waals surface area (Å²) in [6.07, 6.45) is 0. The molecule has 0 heterocycles. The van der Waals surface area contributed by atoms with Crippen LogP contribution in [0.25, 0.3) is 0 Å². The molecule has 0 aromatic heterocycles. The third kappa shape index (κ3) is 6.39. The average Bonchev–Trinajstić information content (AvgIpc) is 2.02. The van der Waals surface area contributed by atoms with Crippen molar-refractivity contribution in [2.45, 2.75) is 13.0 Å². The molecular weight excluding hydrogens is 197 g/mol. The molecule has 0 bridgehead atoms. The minimum absolute atomic E-state index is 0.193. The smallest absolute Gasteiger partial charge is 0.327 e. The van der Waals surface area contributed by atoms with Crippen LogP contribution in [0.15, 0.2) is 0 Å². The lowest BCUT2D eigenvalue weighted by molar-refractivity contribution is -0.140. The molecule has 0 aromatic carbocycles. The van der Waals surface area contributed by atoms with Gasteiger partial charge in [-0.2, -0.15) is 11.8 Å². The van der Waals surface area contributed by atoms with Gasteiger partial charge < -0.3 is 10.4 Å². The van der Waals surface area contributed by atoms with Gasteiger partial charge in [-0.15, -0.1) is 0 Å². The number of carbonyl (C=O) groups is 2. The molecule has 0 spiro atoms. The van der Waals surface area contributed by atoms with E-state index in [1.807, 2.05) is 0 Å². The number of carbonyl (C=O) groups excluding carboxylic acids is 1. The van der Waals surface area contributed by atoms with E-state index in [-0.39, 0.29) is 11.5 Å². The van der Waals surface area contributed by atoms with E-state index in [1.54, 1.807) is 0 Å². The molecule has 6 heteroatoms. The number of hydrogen-bond acceptors (Lipinski definition) is 3. The van der Waals surface area contributed by atoms with Crippen LogP contribution in [0.5, 0.6) is 0 Å². The molecule has 0 aromatic rings. The average molecular weight is 209 g/mol. The number of carboxylic acid groups (broad SMARTS) is 1. The summed E-state index contributed by atoms with van der Waals surface area (Å²) < 4.78 is 11.7. The zero-order valence-corrected chi connectivity index (χ0v) is 8.07. The highest BCUT2D eigenvalue weighted by molar-refractivity contribution is 7.99. The fourth-order valence-electron chi connectivity index (χ4n) is 0.676. The third-order valence-electron chi connectivity index (χ3n) is 1.18. The molecule has 0 aliphatic heterocycles. The first kappa shape index (κ1) is 12.2. The highest BCUT2D eigenvalue weighted by Gasteiger charge is 2.17. The molecular formula is C7H12FNO3S. The molecule has 0 radical (unpaired) electrons. The van der Waals surface area contributed by atoms with Gasteiger partial charge in [-0.3, -0.25) is 9.18 Å². The van der Waals surface area contributed by atoms with Gasteiger partial charge in [-0.05, 0) is 0 Å². The van der Waals surface area contributed by atoms with E-state index in [0.29, 0.717) is 0 Å². The lowest BCUT2D eigenvalue weighted by Crippen LogP contribution is -2.41. The van der Waals surface area contributed by atoms with Gasteiger partial charge in [0.15, 0.2) is 0 Å². The molecule has 13 heavy (non-hydrogen) atoms. The van der Waals surface area contributed by atoms with Crippen LogP contribution in [0.1, 0.15) is 6.92 Å². The summed E-state index contributed by atoms with van der Waals surface area (Å²) in [7, 11) is 0. The number of nitrogens with one attached hydrogen (secondary N) is 1. The van der Waals surface area contributed by atoms with Crippen molar-refractivity contribution in [3.05, 3.63) is 0 Å². The molecule has 4 nitrogen and oxygen atoms in total. The fourth-order valence-corrected chi connectivity index (χ4v) is 1.41. The summed E-state index contributed by atoms with van der Waals surface area (Å²) in [4.78, 5) is 21.0. The molecule has 2 N–H and O–H groups in total. The van der Waals surface area contributed by atoms with E-state index in [0.717, 1.165) is 11.8 Å². The largest absolute Gasteiger partial charge is 0.480 e. The second kappa shape index (κ2) is 6.71. The van der Waals surface area contributed by atoms with Crippen molar-refractivity contribution in [3.63, 3.8) is 0 Å². The number of aliphatic carboxylic acids is 1. The van der Waals surface area contributed by atoms with Crippen LogP contribution in [0.2, 0.25) is 0 Å². The highest BCUT2D eigenvalue weighted by atomic mass is 32.2. The van der Waals surface area contributed by atoms with Gasteiger partial charge in [0.05, 0.1) is 6.67 Å². The number of alkyl halides is 1. The summed E-state index contributed by atoms with van der Waals surface area (Å²) in [5.41, 5.74) is 0. The maximum absolute atomic E-state index is 11.7. The van der Waals surface area contributed by atoms with Crippen LogP contribution in [-0.2, 0) is 9.59 Å². The minimum Gasteiger partial charge on any atom is -0.480 e. The number of hydrogen-bond donors (Lipinski definition) is 2. The van der Waals surface area contributed by atoms with Gasteiger partial charge in [0, 0.05) is 18.4 Å². The molecule has 0 fully saturated rings. The Morgan fingerprint density at radius 1 is 1.62 bits per heavy atom. The Labute approximate surface area is 79.9 Å². The zero-order chi connectivity index (χ0) is 10.3. The van der Waals surface area contributed by atoms with Gasteiger partial charge >= 0.3 is 5.97 Å². The normalized spacial score (nSPS) is 12.2. The van der Waals surface area contributed by atoms with Crippen LogP contribution in [0.3, 0.4) is 0 Å². The van der Waals surface area contributed by atoms with E-state index >= 15 is 0 Å². The molecule has 1 unspecified atom stereocenters. The molecule has 76 valence electrons. The molecule has 1 atom stereocenters. The van der Waals surface area contributed by atoms with Crippen LogP contribution in [-0.4, -0.2) is 41.2 Å². The molecule has 0 aliphatic rings. The van der Waals surface area contributed by atoms with Gasteiger partial charge in [-0.25, -0.2) is 4.79 Å². The highest BCUT2D eigenvalue weighted by Crippen LogP contribution is 2.03. The first-order valence-corrected chi connectivity index (χ1v) is 4.87. The number of amides is 1. The van der Waals surface area contributed by atoms with Crippen LogP contribution in [0.4, 0.5) is 4.39 Å². The predicted molar refractivity (Wildman–Crippen MR) is 48.5 cm³/mol. The Kier molecular flexibility index (Phi) is 6.30. The predicted octanol–water partition coefficient (Wildman–Crippen LogP) is 0.278. The summed E-state index contributed by atoms with van der Waals surface area (Å²) in [5.74, 6) is -1.04. The fraction of sp³-hybridized carbons (Fsp3) is 0.714. The van der Waals surface area contributed by atoms with Crippen molar-refractivity contribution in [3.8, 4) is 0 Å². The summed E-state index contributed by atoms with van der Waals surface area (Å²) in [6.45, 7) is 0.757. The zero-order valence-electron chi connectivity index (χ0n) is 7.25. The number of thioether (sulfide) groups is 1. The monoisotopic (exact) mass is 209 g/mol. The second-order valence-corrected chi connectivity index (χ2v) is 3.51. The summed E-state index contributed by atoms with van der Waals surface area (Å²) in [6, 6.07) is -0.922. The van der Waals surface area contributed by atoms with Crippen LogP contribution < -0.4 is 5.32 Å². The number of carboxylic acids is 1. The van der Waals surface area contributed by atoms with Gasteiger partial charge in [0.25, 0.3) is 0 Å². The van der Waals surface area contributed by atoms with Gasteiger partial charge in [0.1, 0.15) is 6.04 Å². The van der Waals surface area contributed by atoms with Crippen molar-refractivity contribution >= 4 is 23.6 Å². The Bertz CT molecular complexity index is 189. The van der Waals surface area contributed by atoms with Crippen molar-refractivity contribution in [1.29, 1.82) is 0 Å². The molecule has 0 saturated carbocycles. The quantitative estimate of drug-likeness (QED) is 0.616.